The summed E-state index contributed by atoms with van der Waals surface area (Å²) in [5.74, 6) is 0.959. The fourth-order valence-corrected chi connectivity index (χ4v) is 3.88. The average molecular weight is 300 g/mol. The molecule has 120 valence electrons. The minimum absolute atomic E-state index is 0.0730. The first-order valence-corrected chi connectivity index (χ1v) is 8.88. The molecule has 1 N–H and O–H groups in total. The van der Waals surface area contributed by atoms with Crippen molar-refractivity contribution in [1.82, 2.24) is 10.2 Å². The minimum Gasteiger partial charge on any atom is -0.354 e. The summed E-state index contributed by atoms with van der Waals surface area (Å²) in [6.07, 6.45) is 8.77. The molecule has 1 aliphatic carbocycles. The molecule has 0 bridgehead atoms. The molecule has 1 amide bonds. The van der Waals surface area contributed by atoms with E-state index in [2.05, 4.69) is 34.5 Å². The first-order chi connectivity index (χ1) is 10.8. The maximum atomic E-state index is 12.5. The van der Waals surface area contributed by atoms with Gasteiger partial charge in [-0.05, 0) is 43.7 Å². The average Bonchev–Trinajstić information content (AvgIpc) is 3.03. The zero-order chi connectivity index (χ0) is 15.2. The van der Waals surface area contributed by atoms with E-state index in [1.165, 1.54) is 37.7 Å². The van der Waals surface area contributed by atoms with Crippen LogP contribution in [0.3, 0.4) is 0 Å². The lowest BCUT2D eigenvalue weighted by Gasteiger charge is -2.26. The molecule has 3 rings (SSSR count). The van der Waals surface area contributed by atoms with E-state index in [1.807, 2.05) is 6.07 Å². The highest BCUT2D eigenvalue weighted by Gasteiger charge is 2.30. The van der Waals surface area contributed by atoms with E-state index >= 15 is 0 Å². The smallest absolute Gasteiger partial charge is 0.237 e. The Hall–Kier alpha value is -1.35. The molecule has 1 heterocycles. The van der Waals surface area contributed by atoms with Crippen molar-refractivity contribution in [2.24, 2.45) is 5.92 Å². The molecule has 0 aromatic heterocycles. The number of nitrogens with one attached hydrogen (secondary N) is 1. The first-order valence-electron chi connectivity index (χ1n) is 8.88. The van der Waals surface area contributed by atoms with E-state index in [-0.39, 0.29) is 11.9 Å². The molecule has 1 saturated heterocycles. The van der Waals surface area contributed by atoms with Gasteiger partial charge in [-0.15, -0.1) is 0 Å². The number of likely N-dealkylation sites (tertiary alicyclic amines) is 1. The van der Waals surface area contributed by atoms with Crippen LogP contribution in [-0.4, -0.2) is 29.9 Å². The van der Waals surface area contributed by atoms with Gasteiger partial charge in [-0.3, -0.25) is 9.69 Å². The third-order valence-electron chi connectivity index (χ3n) is 5.18. The van der Waals surface area contributed by atoms with Crippen molar-refractivity contribution in [3.8, 4) is 0 Å². The number of hydrogen-bond acceptors (Lipinski definition) is 2. The molecule has 1 aliphatic heterocycles. The summed E-state index contributed by atoms with van der Waals surface area (Å²) in [6.45, 7) is 2.81. The van der Waals surface area contributed by atoms with Gasteiger partial charge in [-0.25, -0.2) is 0 Å². The van der Waals surface area contributed by atoms with Gasteiger partial charge in [0, 0.05) is 13.1 Å². The summed E-state index contributed by atoms with van der Waals surface area (Å²) in [6, 6.07) is 10.6. The normalized spacial score (nSPS) is 23.5. The Bertz CT molecular complexity index is 468. The Kier molecular flexibility index (Phi) is 5.49. The molecular formula is C19H28N2O. The molecule has 1 saturated carbocycles. The number of rotatable bonds is 5. The van der Waals surface area contributed by atoms with Crippen molar-refractivity contribution in [2.45, 2.75) is 57.5 Å². The van der Waals surface area contributed by atoms with Gasteiger partial charge in [-0.2, -0.15) is 0 Å². The lowest BCUT2D eigenvalue weighted by molar-refractivity contribution is -0.125. The Balaban J connectivity index is 1.50. The molecule has 1 atom stereocenters. The molecule has 0 spiro atoms. The molecule has 1 aromatic carbocycles. The second kappa shape index (κ2) is 7.77. The van der Waals surface area contributed by atoms with Gasteiger partial charge in [0.25, 0.3) is 0 Å². The van der Waals surface area contributed by atoms with Crippen LogP contribution in [0.5, 0.6) is 0 Å². The van der Waals surface area contributed by atoms with E-state index in [4.69, 9.17) is 0 Å². The van der Waals surface area contributed by atoms with Crippen LogP contribution in [-0.2, 0) is 11.3 Å². The van der Waals surface area contributed by atoms with Crippen molar-refractivity contribution >= 4 is 5.91 Å². The Morgan fingerprint density at radius 2 is 1.82 bits per heavy atom. The van der Waals surface area contributed by atoms with Gasteiger partial charge in [0.15, 0.2) is 0 Å². The van der Waals surface area contributed by atoms with Crippen LogP contribution in [0.15, 0.2) is 30.3 Å². The number of carbonyl (C=O) groups excluding carboxylic acids is 1. The van der Waals surface area contributed by atoms with Crippen molar-refractivity contribution in [3.05, 3.63) is 35.9 Å². The molecule has 3 nitrogen and oxygen atoms in total. The zero-order valence-electron chi connectivity index (χ0n) is 13.5. The summed E-state index contributed by atoms with van der Waals surface area (Å²) in [4.78, 5) is 14.9. The van der Waals surface area contributed by atoms with Gasteiger partial charge in [0.05, 0.1) is 6.04 Å². The van der Waals surface area contributed by atoms with Crippen molar-refractivity contribution in [2.75, 3.05) is 13.1 Å². The monoisotopic (exact) mass is 300 g/mol. The third kappa shape index (κ3) is 4.10. The zero-order valence-corrected chi connectivity index (χ0v) is 13.5. The SMILES string of the molecule is O=C(NCC1CCCCC1)C1CCCN1Cc1ccccc1. The summed E-state index contributed by atoms with van der Waals surface area (Å²) in [7, 11) is 0. The summed E-state index contributed by atoms with van der Waals surface area (Å²) in [5, 5.41) is 3.23. The van der Waals surface area contributed by atoms with Crippen LogP contribution < -0.4 is 5.32 Å². The molecular weight excluding hydrogens is 272 g/mol. The number of nitrogens with zero attached hydrogens (tertiary/aromatic N) is 1. The fraction of sp³-hybridized carbons (Fsp3) is 0.632. The van der Waals surface area contributed by atoms with Gasteiger partial charge in [-0.1, -0.05) is 49.6 Å². The number of carbonyl (C=O) groups is 1. The Morgan fingerprint density at radius 1 is 1.05 bits per heavy atom. The second-order valence-electron chi connectivity index (χ2n) is 6.86. The number of hydrogen-bond donors (Lipinski definition) is 1. The van der Waals surface area contributed by atoms with E-state index < -0.39 is 0 Å². The minimum atomic E-state index is 0.0730. The largest absolute Gasteiger partial charge is 0.354 e. The molecule has 0 radical (unpaired) electrons. The number of benzene rings is 1. The fourth-order valence-electron chi connectivity index (χ4n) is 3.88. The number of amides is 1. The highest BCUT2D eigenvalue weighted by Crippen LogP contribution is 2.24. The van der Waals surface area contributed by atoms with E-state index in [0.29, 0.717) is 5.92 Å². The predicted molar refractivity (Wildman–Crippen MR) is 89.5 cm³/mol. The van der Waals surface area contributed by atoms with Gasteiger partial charge in [0.2, 0.25) is 5.91 Å². The van der Waals surface area contributed by atoms with Crippen LogP contribution in [0.25, 0.3) is 0 Å². The van der Waals surface area contributed by atoms with Crippen molar-refractivity contribution < 1.29 is 4.79 Å². The summed E-state index contributed by atoms with van der Waals surface area (Å²) in [5.41, 5.74) is 1.30. The second-order valence-corrected chi connectivity index (χ2v) is 6.86. The van der Waals surface area contributed by atoms with E-state index in [0.717, 1.165) is 32.5 Å². The van der Waals surface area contributed by atoms with E-state index in [9.17, 15) is 4.79 Å². The third-order valence-corrected chi connectivity index (χ3v) is 5.18. The van der Waals surface area contributed by atoms with Crippen LogP contribution in [0.1, 0.15) is 50.5 Å². The highest BCUT2D eigenvalue weighted by atomic mass is 16.2. The molecule has 3 heteroatoms. The molecule has 1 unspecified atom stereocenters. The molecule has 1 aromatic rings. The lowest BCUT2D eigenvalue weighted by Crippen LogP contribution is -2.44. The van der Waals surface area contributed by atoms with Crippen molar-refractivity contribution in [1.29, 1.82) is 0 Å². The Labute approximate surface area is 134 Å². The Morgan fingerprint density at radius 3 is 2.59 bits per heavy atom. The van der Waals surface area contributed by atoms with Crippen molar-refractivity contribution in [3.63, 3.8) is 0 Å². The predicted octanol–water partition coefficient (Wildman–Crippen LogP) is 3.35. The summed E-state index contributed by atoms with van der Waals surface area (Å²) < 4.78 is 0. The molecule has 2 aliphatic rings. The van der Waals surface area contributed by atoms with Gasteiger partial charge in [0.1, 0.15) is 0 Å². The highest BCUT2D eigenvalue weighted by molar-refractivity contribution is 5.82. The first kappa shape index (κ1) is 15.5. The van der Waals surface area contributed by atoms with E-state index in [1.54, 1.807) is 0 Å². The van der Waals surface area contributed by atoms with Crippen LogP contribution in [0, 0.1) is 5.92 Å². The molecule has 2 fully saturated rings. The maximum absolute atomic E-state index is 12.5. The quantitative estimate of drug-likeness (QED) is 0.904. The van der Waals surface area contributed by atoms with Gasteiger partial charge < -0.3 is 5.32 Å². The summed E-state index contributed by atoms with van der Waals surface area (Å²) >= 11 is 0. The van der Waals surface area contributed by atoms with Crippen LogP contribution >= 0.6 is 0 Å². The molecule has 22 heavy (non-hydrogen) atoms. The lowest BCUT2D eigenvalue weighted by atomic mass is 9.89. The van der Waals surface area contributed by atoms with Crippen LogP contribution in [0.4, 0.5) is 0 Å². The van der Waals surface area contributed by atoms with Gasteiger partial charge >= 0.3 is 0 Å². The van der Waals surface area contributed by atoms with Crippen LogP contribution in [0.2, 0.25) is 0 Å². The maximum Gasteiger partial charge on any atom is 0.237 e. The standard InChI is InChI=1S/C19H28N2O/c22-19(20-14-16-8-3-1-4-9-16)18-12-7-13-21(18)15-17-10-5-2-6-11-17/h2,5-6,10-11,16,18H,1,3-4,7-9,12-15H2,(H,20,22). The topological polar surface area (TPSA) is 32.3 Å².